The average molecular weight is 301 g/mol. The maximum atomic E-state index is 12.6. The fraction of sp³-hybridized carbons (Fsp3) is 0.667. The van der Waals surface area contributed by atoms with Gasteiger partial charge in [-0.15, -0.1) is 0 Å². The summed E-state index contributed by atoms with van der Waals surface area (Å²) in [7, 11) is -3.72. The first-order chi connectivity index (χ1) is 9.48. The molecule has 1 aromatic rings. The minimum absolute atomic E-state index is 0.119. The van der Waals surface area contributed by atoms with E-state index in [0.29, 0.717) is 18.7 Å². The van der Waals surface area contributed by atoms with E-state index in [4.69, 9.17) is 4.74 Å². The molecule has 1 aliphatic heterocycles. The van der Waals surface area contributed by atoms with E-state index in [9.17, 15) is 13.2 Å². The van der Waals surface area contributed by atoms with E-state index in [1.807, 2.05) is 0 Å². The van der Waals surface area contributed by atoms with E-state index in [-0.39, 0.29) is 11.5 Å². The molecular formula is C12H19N3O4S. The standard InChI is InChI=1S/C12H19N3O4S/c1-3-19-12(16)10-6-4-5-7-15(10)20(17,18)11-8-13-14-9(11)2/h8,10H,3-7H2,1-2H3,(H,13,14). The third-order valence-electron chi connectivity index (χ3n) is 3.38. The molecule has 2 heterocycles. The number of hydrogen-bond donors (Lipinski definition) is 1. The number of H-pyrrole nitrogens is 1. The Hall–Kier alpha value is -1.41. The highest BCUT2D eigenvalue weighted by molar-refractivity contribution is 7.89. The number of nitrogens with one attached hydrogen (secondary N) is 1. The van der Waals surface area contributed by atoms with Crippen LogP contribution in [0.3, 0.4) is 0 Å². The SMILES string of the molecule is CCOC(=O)C1CCCCN1S(=O)(=O)c1cn[nH]c1C. The molecule has 0 bridgehead atoms. The van der Waals surface area contributed by atoms with Crippen LogP contribution < -0.4 is 0 Å². The highest BCUT2D eigenvalue weighted by Gasteiger charge is 2.39. The van der Waals surface area contributed by atoms with Gasteiger partial charge in [0.05, 0.1) is 18.5 Å². The lowest BCUT2D eigenvalue weighted by Gasteiger charge is -2.32. The number of aromatic nitrogens is 2. The smallest absolute Gasteiger partial charge is 0.324 e. The second kappa shape index (κ2) is 5.92. The van der Waals surface area contributed by atoms with Crippen molar-refractivity contribution in [3.8, 4) is 0 Å². The lowest BCUT2D eigenvalue weighted by Crippen LogP contribution is -2.48. The van der Waals surface area contributed by atoms with E-state index in [2.05, 4.69) is 10.2 Å². The minimum atomic E-state index is -3.72. The first kappa shape index (κ1) is 15.0. The number of rotatable bonds is 4. The molecule has 1 fully saturated rings. The zero-order valence-corrected chi connectivity index (χ0v) is 12.4. The summed E-state index contributed by atoms with van der Waals surface area (Å²) in [5, 5.41) is 6.35. The molecule has 1 N–H and O–H groups in total. The molecule has 8 heteroatoms. The highest BCUT2D eigenvalue weighted by atomic mass is 32.2. The van der Waals surface area contributed by atoms with Crippen molar-refractivity contribution in [2.75, 3.05) is 13.2 Å². The minimum Gasteiger partial charge on any atom is -0.465 e. The largest absolute Gasteiger partial charge is 0.465 e. The van der Waals surface area contributed by atoms with Gasteiger partial charge in [-0.2, -0.15) is 9.40 Å². The van der Waals surface area contributed by atoms with Crippen molar-refractivity contribution in [3.63, 3.8) is 0 Å². The normalized spacial score (nSPS) is 20.8. The molecule has 7 nitrogen and oxygen atoms in total. The highest BCUT2D eigenvalue weighted by Crippen LogP contribution is 2.26. The molecule has 20 heavy (non-hydrogen) atoms. The Labute approximate surface area is 118 Å². The van der Waals surface area contributed by atoms with Crippen LogP contribution in [0.25, 0.3) is 0 Å². The number of hydrogen-bond acceptors (Lipinski definition) is 5. The summed E-state index contributed by atoms with van der Waals surface area (Å²) in [6.07, 6.45) is 3.34. The molecular weight excluding hydrogens is 282 g/mol. The maximum Gasteiger partial charge on any atom is 0.324 e. The second-order valence-electron chi connectivity index (χ2n) is 4.74. The summed E-state index contributed by atoms with van der Waals surface area (Å²) in [6.45, 7) is 3.92. The molecule has 1 atom stereocenters. The van der Waals surface area contributed by atoms with Gasteiger partial charge in [-0.25, -0.2) is 8.42 Å². The van der Waals surface area contributed by atoms with Crippen LogP contribution in [0, 0.1) is 6.92 Å². The number of aromatic amines is 1. The fourth-order valence-corrected chi connectivity index (χ4v) is 4.16. The zero-order chi connectivity index (χ0) is 14.8. The van der Waals surface area contributed by atoms with Crippen LogP contribution in [0.5, 0.6) is 0 Å². The predicted molar refractivity (Wildman–Crippen MR) is 71.5 cm³/mol. The zero-order valence-electron chi connectivity index (χ0n) is 11.6. The molecule has 1 unspecified atom stereocenters. The molecule has 1 aromatic heterocycles. The van der Waals surface area contributed by atoms with Crippen molar-refractivity contribution in [1.29, 1.82) is 0 Å². The number of aryl methyl sites for hydroxylation is 1. The van der Waals surface area contributed by atoms with Crippen LogP contribution in [-0.4, -0.2) is 48.1 Å². The van der Waals surface area contributed by atoms with Crippen molar-refractivity contribution >= 4 is 16.0 Å². The van der Waals surface area contributed by atoms with Gasteiger partial charge in [-0.3, -0.25) is 9.89 Å². The van der Waals surface area contributed by atoms with Gasteiger partial charge >= 0.3 is 5.97 Å². The Bertz CT molecular complexity index is 581. The van der Waals surface area contributed by atoms with Gasteiger partial charge in [0.2, 0.25) is 10.0 Å². The number of piperidine rings is 1. The number of esters is 1. The van der Waals surface area contributed by atoms with Crippen LogP contribution in [0.1, 0.15) is 31.9 Å². The fourth-order valence-electron chi connectivity index (χ4n) is 2.39. The summed E-state index contributed by atoms with van der Waals surface area (Å²) < 4.78 is 31.5. The van der Waals surface area contributed by atoms with Gasteiger partial charge in [0.1, 0.15) is 10.9 Å². The van der Waals surface area contributed by atoms with Gasteiger partial charge in [0.25, 0.3) is 0 Å². The lowest BCUT2D eigenvalue weighted by atomic mass is 10.1. The number of carbonyl (C=O) groups is 1. The van der Waals surface area contributed by atoms with Gasteiger partial charge in [0, 0.05) is 6.54 Å². The lowest BCUT2D eigenvalue weighted by molar-refractivity contribution is -0.148. The Kier molecular flexibility index (Phi) is 4.44. The molecule has 112 valence electrons. The Morgan fingerprint density at radius 3 is 2.90 bits per heavy atom. The Balaban J connectivity index is 2.32. The van der Waals surface area contributed by atoms with Crippen LogP contribution in [0.15, 0.2) is 11.1 Å². The third kappa shape index (κ3) is 2.71. The van der Waals surface area contributed by atoms with Gasteiger partial charge in [-0.1, -0.05) is 0 Å². The number of sulfonamides is 1. The van der Waals surface area contributed by atoms with Crippen molar-refractivity contribution in [3.05, 3.63) is 11.9 Å². The summed E-state index contributed by atoms with van der Waals surface area (Å²) in [6, 6.07) is -0.733. The van der Waals surface area contributed by atoms with Crippen molar-refractivity contribution < 1.29 is 17.9 Å². The van der Waals surface area contributed by atoms with E-state index < -0.39 is 22.0 Å². The van der Waals surface area contributed by atoms with Gasteiger partial charge < -0.3 is 4.74 Å². The predicted octanol–water partition coefficient (Wildman–Crippen LogP) is 0.824. The Morgan fingerprint density at radius 1 is 1.55 bits per heavy atom. The molecule has 0 radical (unpaired) electrons. The number of ether oxygens (including phenoxy) is 1. The molecule has 0 spiro atoms. The molecule has 0 amide bonds. The van der Waals surface area contributed by atoms with Crippen molar-refractivity contribution in [1.82, 2.24) is 14.5 Å². The summed E-state index contributed by atoms with van der Waals surface area (Å²) in [5.41, 5.74) is 0.471. The molecule has 0 aromatic carbocycles. The topological polar surface area (TPSA) is 92.4 Å². The van der Waals surface area contributed by atoms with Crippen LogP contribution in [-0.2, 0) is 19.6 Å². The summed E-state index contributed by atoms with van der Waals surface area (Å²) in [5.74, 6) is -0.475. The molecule has 1 saturated heterocycles. The summed E-state index contributed by atoms with van der Waals surface area (Å²) >= 11 is 0. The second-order valence-corrected chi connectivity index (χ2v) is 6.60. The van der Waals surface area contributed by atoms with E-state index in [1.165, 1.54) is 10.5 Å². The molecule has 1 aliphatic rings. The average Bonchev–Trinajstić information content (AvgIpc) is 2.86. The van der Waals surface area contributed by atoms with Crippen molar-refractivity contribution in [2.45, 2.75) is 44.0 Å². The van der Waals surface area contributed by atoms with Crippen LogP contribution in [0.2, 0.25) is 0 Å². The van der Waals surface area contributed by atoms with E-state index in [0.717, 1.165) is 12.8 Å². The van der Waals surface area contributed by atoms with Gasteiger partial charge in [-0.05, 0) is 33.1 Å². The van der Waals surface area contributed by atoms with Crippen LogP contribution in [0.4, 0.5) is 0 Å². The van der Waals surface area contributed by atoms with Crippen LogP contribution >= 0.6 is 0 Å². The monoisotopic (exact) mass is 301 g/mol. The third-order valence-corrected chi connectivity index (χ3v) is 5.40. The van der Waals surface area contributed by atoms with Gasteiger partial charge in [0.15, 0.2) is 0 Å². The summed E-state index contributed by atoms with van der Waals surface area (Å²) in [4.78, 5) is 12.1. The number of nitrogens with zero attached hydrogens (tertiary/aromatic N) is 2. The first-order valence-electron chi connectivity index (χ1n) is 6.67. The molecule has 0 saturated carbocycles. The molecule has 2 rings (SSSR count). The molecule has 0 aliphatic carbocycles. The van der Waals surface area contributed by atoms with Crippen molar-refractivity contribution in [2.24, 2.45) is 0 Å². The van der Waals surface area contributed by atoms with E-state index >= 15 is 0 Å². The maximum absolute atomic E-state index is 12.6. The Morgan fingerprint density at radius 2 is 2.30 bits per heavy atom. The number of carbonyl (C=O) groups excluding carboxylic acids is 1. The van der Waals surface area contributed by atoms with E-state index in [1.54, 1.807) is 13.8 Å². The quantitative estimate of drug-likeness (QED) is 0.831. The first-order valence-corrected chi connectivity index (χ1v) is 8.11.